The Hall–Kier alpha value is -0.420. The highest BCUT2D eigenvalue weighted by Crippen LogP contribution is 1.92. The van der Waals surface area contributed by atoms with Gasteiger partial charge in [-0.05, 0) is 6.92 Å². The lowest BCUT2D eigenvalue weighted by Gasteiger charge is -2.08. The molecule has 1 atom stereocenters. The molecule has 0 bridgehead atoms. The molecule has 0 radical (unpaired) electrons. The number of aliphatic hydroxyl groups excluding tert-OH is 1. The highest BCUT2D eigenvalue weighted by molar-refractivity contribution is 4.86. The van der Waals surface area contributed by atoms with Gasteiger partial charge in [-0.15, -0.1) is 0 Å². The number of hydrogen-bond acceptors (Lipinski definition) is 4. The second-order valence-electron chi connectivity index (χ2n) is 2.50. The first-order valence-electron chi connectivity index (χ1n) is 4.27. The number of ether oxygens (including phenoxy) is 3. The summed E-state index contributed by atoms with van der Waals surface area (Å²) in [5, 5.41) is 8.47. The average Bonchev–Trinajstić information content (AvgIpc) is 2.14. The molecular weight excluding hydrogens is 172 g/mol. The predicted octanol–water partition coefficient (Wildman–Crippen LogP) is 0.560. The van der Waals surface area contributed by atoms with Crippen LogP contribution in [0.5, 0.6) is 0 Å². The first-order chi connectivity index (χ1) is 6.31. The molecule has 0 heterocycles. The van der Waals surface area contributed by atoms with Gasteiger partial charge in [0.1, 0.15) is 6.79 Å². The van der Waals surface area contributed by atoms with Crippen LogP contribution in [0.3, 0.4) is 0 Å². The van der Waals surface area contributed by atoms with Crippen LogP contribution < -0.4 is 0 Å². The summed E-state index contributed by atoms with van der Waals surface area (Å²) in [6, 6.07) is 0. The Labute approximate surface area is 79.1 Å². The second-order valence-corrected chi connectivity index (χ2v) is 2.50. The maximum absolute atomic E-state index is 8.47. The van der Waals surface area contributed by atoms with E-state index in [1.807, 2.05) is 6.92 Å². The van der Waals surface area contributed by atoms with E-state index >= 15 is 0 Å². The molecule has 0 amide bonds. The van der Waals surface area contributed by atoms with E-state index < -0.39 is 0 Å². The Morgan fingerprint density at radius 3 is 2.77 bits per heavy atom. The van der Waals surface area contributed by atoms with Crippen molar-refractivity contribution < 1.29 is 19.3 Å². The maximum atomic E-state index is 8.47. The van der Waals surface area contributed by atoms with Crippen LogP contribution in [-0.2, 0) is 14.2 Å². The van der Waals surface area contributed by atoms with E-state index in [0.29, 0.717) is 13.2 Å². The van der Waals surface area contributed by atoms with Gasteiger partial charge in [-0.25, -0.2) is 0 Å². The van der Waals surface area contributed by atoms with Gasteiger partial charge < -0.3 is 19.3 Å². The number of hydrogen-bond donors (Lipinski definition) is 1. The van der Waals surface area contributed by atoms with Crippen LogP contribution in [-0.4, -0.2) is 44.9 Å². The normalized spacial score (nSPS) is 13.8. The van der Waals surface area contributed by atoms with E-state index in [1.165, 1.54) is 0 Å². The second kappa shape index (κ2) is 9.67. The quantitative estimate of drug-likeness (QED) is 0.345. The monoisotopic (exact) mass is 190 g/mol. The lowest BCUT2D eigenvalue weighted by molar-refractivity contribution is -0.0803. The van der Waals surface area contributed by atoms with Gasteiger partial charge in [-0.2, -0.15) is 0 Å². The van der Waals surface area contributed by atoms with Crippen LogP contribution in [0.4, 0.5) is 0 Å². The third kappa shape index (κ3) is 9.49. The Kier molecular flexibility index (Phi) is 9.35. The molecular formula is C9H18O4. The molecule has 0 rings (SSSR count). The topological polar surface area (TPSA) is 47.9 Å². The molecule has 0 saturated heterocycles. The Morgan fingerprint density at radius 1 is 1.38 bits per heavy atom. The van der Waals surface area contributed by atoms with Crippen LogP contribution in [0.1, 0.15) is 6.92 Å². The van der Waals surface area contributed by atoms with Gasteiger partial charge in [-0.1, -0.05) is 12.2 Å². The molecule has 0 fully saturated rings. The predicted molar refractivity (Wildman–Crippen MR) is 49.5 cm³/mol. The summed E-state index contributed by atoms with van der Waals surface area (Å²) in [4.78, 5) is 0. The highest BCUT2D eigenvalue weighted by atomic mass is 16.7. The molecule has 78 valence electrons. The minimum Gasteiger partial charge on any atom is -0.392 e. The van der Waals surface area contributed by atoms with E-state index in [1.54, 1.807) is 19.3 Å². The molecule has 4 nitrogen and oxygen atoms in total. The maximum Gasteiger partial charge on any atom is 0.147 e. The highest BCUT2D eigenvalue weighted by Gasteiger charge is 1.95. The van der Waals surface area contributed by atoms with Crippen molar-refractivity contribution in [3.8, 4) is 0 Å². The zero-order chi connectivity index (χ0) is 9.94. The van der Waals surface area contributed by atoms with Gasteiger partial charge in [0, 0.05) is 7.11 Å². The van der Waals surface area contributed by atoms with Gasteiger partial charge in [0.05, 0.1) is 25.9 Å². The molecule has 13 heavy (non-hydrogen) atoms. The SMILES string of the molecule is COCCOCO[C@@H](C)C=CCO. The molecule has 0 aliphatic carbocycles. The molecule has 1 N–H and O–H groups in total. The Bertz CT molecular complexity index is 125. The Morgan fingerprint density at radius 2 is 2.15 bits per heavy atom. The van der Waals surface area contributed by atoms with Crippen molar-refractivity contribution in [2.24, 2.45) is 0 Å². The van der Waals surface area contributed by atoms with Crippen molar-refractivity contribution in [3.63, 3.8) is 0 Å². The summed E-state index contributed by atoms with van der Waals surface area (Å²) in [7, 11) is 1.62. The van der Waals surface area contributed by atoms with E-state index in [9.17, 15) is 0 Å². The average molecular weight is 190 g/mol. The first kappa shape index (κ1) is 12.6. The molecule has 0 aliphatic heterocycles. The summed E-state index contributed by atoms with van der Waals surface area (Å²) in [5.41, 5.74) is 0. The summed E-state index contributed by atoms with van der Waals surface area (Å²) in [6.07, 6.45) is 3.38. The van der Waals surface area contributed by atoms with Crippen molar-refractivity contribution >= 4 is 0 Å². The molecule has 4 heteroatoms. The Balaban J connectivity index is 3.16. The van der Waals surface area contributed by atoms with Gasteiger partial charge >= 0.3 is 0 Å². The lowest BCUT2D eigenvalue weighted by Crippen LogP contribution is -2.11. The van der Waals surface area contributed by atoms with Gasteiger partial charge in [0.15, 0.2) is 0 Å². The largest absolute Gasteiger partial charge is 0.392 e. The van der Waals surface area contributed by atoms with Crippen molar-refractivity contribution in [3.05, 3.63) is 12.2 Å². The van der Waals surface area contributed by atoms with E-state index in [2.05, 4.69) is 0 Å². The van der Waals surface area contributed by atoms with Crippen molar-refractivity contribution in [1.29, 1.82) is 0 Å². The molecule has 0 unspecified atom stereocenters. The summed E-state index contributed by atoms with van der Waals surface area (Å²) in [5.74, 6) is 0. The van der Waals surface area contributed by atoms with E-state index in [0.717, 1.165) is 0 Å². The van der Waals surface area contributed by atoms with Crippen LogP contribution in [0, 0.1) is 0 Å². The van der Waals surface area contributed by atoms with Crippen LogP contribution in [0.15, 0.2) is 12.2 Å². The number of rotatable bonds is 8. The molecule has 0 aromatic rings. The standard InChI is InChI=1S/C9H18O4/c1-9(4-3-5-10)13-8-12-7-6-11-2/h3-4,9-10H,5-8H2,1-2H3/t9-/m0/s1. The molecule has 0 aliphatic rings. The van der Waals surface area contributed by atoms with Gasteiger partial charge in [0.25, 0.3) is 0 Å². The van der Waals surface area contributed by atoms with Gasteiger partial charge in [0.2, 0.25) is 0 Å². The molecule has 0 spiro atoms. The fourth-order valence-corrected chi connectivity index (χ4v) is 0.665. The van der Waals surface area contributed by atoms with Crippen LogP contribution >= 0.6 is 0 Å². The molecule has 0 saturated carbocycles. The van der Waals surface area contributed by atoms with E-state index in [-0.39, 0.29) is 19.5 Å². The lowest BCUT2D eigenvalue weighted by atomic mass is 10.3. The molecule has 0 aromatic heterocycles. The van der Waals surface area contributed by atoms with Crippen molar-refractivity contribution in [2.75, 3.05) is 33.7 Å². The first-order valence-corrected chi connectivity index (χ1v) is 4.27. The smallest absolute Gasteiger partial charge is 0.147 e. The molecule has 0 aromatic carbocycles. The van der Waals surface area contributed by atoms with Gasteiger partial charge in [-0.3, -0.25) is 0 Å². The zero-order valence-electron chi connectivity index (χ0n) is 8.23. The minimum absolute atomic E-state index is 0.0327. The fourth-order valence-electron chi connectivity index (χ4n) is 0.665. The van der Waals surface area contributed by atoms with Crippen molar-refractivity contribution in [1.82, 2.24) is 0 Å². The number of aliphatic hydroxyl groups is 1. The van der Waals surface area contributed by atoms with Crippen LogP contribution in [0.25, 0.3) is 0 Å². The summed E-state index contributed by atoms with van der Waals surface area (Å²) >= 11 is 0. The fraction of sp³-hybridized carbons (Fsp3) is 0.778. The van der Waals surface area contributed by atoms with Crippen LogP contribution in [0.2, 0.25) is 0 Å². The summed E-state index contributed by atoms with van der Waals surface area (Å²) in [6.45, 7) is 3.28. The summed E-state index contributed by atoms with van der Waals surface area (Å²) < 4.78 is 15.1. The number of methoxy groups -OCH3 is 1. The minimum atomic E-state index is -0.0327. The third-order valence-corrected chi connectivity index (χ3v) is 1.36. The third-order valence-electron chi connectivity index (χ3n) is 1.36. The van der Waals surface area contributed by atoms with E-state index in [4.69, 9.17) is 19.3 Å². The van der Waals surface area contributed by atoms with Crippen molar-refractivity contribution in [2.45, 2.75) is 13.0 Å². The zero-order valence-corrected chi connectivity index (χ0v) is 8.23.